The summed E-state index contributed by atoms with van der Waals surface area (Å²) in [6, 6.07) is 22.2. The Balaban J connectivity index is 2.21. The summed E-state index contributed by atoms with van der Waals surface area (Å²) < 4.78 is 12.1. The van der Waals surface area contributed by atoms with Gasteiger partial charge in [0.2, 0.25) is 0 Å². The van der Waals surface area contributed by atoms with Crippen LogP contribution in [0.4, 0.5) is 0 Å². The molecule has 2 aromatic rings. The van der Waals surface area contributed by atoms with Crippen LogP contribution in [-0.2, 0) is 14.9 Å². The van der Waals surface area contributed by atoms with Gasteiger partial charge in [0.1, 0.15) is 11.5 Å². The number of benzene rings is 2. The highest BCUT2D eigenvalue weighted by Gasteiger charge is 2.53. The van der Waals surface area contributed by atoms with Gasteiger partial charge < -0.3 is 9.47 Å². The van der Waals surface area contributed by atoms with Crippen molar-refractivity contribution in [3.05, 3.63) is 71.8 Å². The van der Waals surface area contributed by atoms with Gasteiger partial charge in [-0.3, -0.25) is 0 Å². The van der Waals surface area contributed by atoms with Crippen LogP contribution in [0.25, 0.3) is 0 Å². The van der Waals surface area contributed by atoms with Crippen LogP contribution in [0.15, 0.2) is 60.7 Å². The lowest BCUT2D eigenvalue weighted by Gasteiger charge is -2.34. The average molecular weight is 307 g/mol. The van der Waals surface area contributed by atoms with Crippen LogP contribution >= 0.6 is 0 Å². The predicted octanol–water partition coefficient (Wildman–Crippen LogP) is 4.04. The quantitative estimate of drug-likeness (QED) is 0.859. The molecule has 0 saturated carbocycles. The minimum absolute atomic E-state index is 0.190. The summed E-state index contributed by atoms with van der Waals surface area (Å²) in [5.74, 6) is -0.699. The van der Waals surface area contributed by atoms with Gasteiger partial charge in [-0.2, -0.15) is 5.26 Å². The highest BCUT2D eigenvalue weighted by molar-refractivity contribution is 5.48. The van der Waals surface area contributed by atoms with E-state index in [1.807, 2.05) is 81.4 Å². The SMILES string of the molecule is C[C@@H]1OC(C)(C)O[C@@H]1C(C#N)(c1ccccc1)c1ccccc1. The van der Waals surface area contributed by atoms with E-state index in [1.165, 1.54) is 0 Å². The summed E-state index contributed by atoms with van der Waals surface area (Å²) >= 11 is 0. The second kappa shape index (κ2) is 5.81. The van der Waals surface area contributed by atoms with Crippen LogP contribution in [0.5, 0.6) is 0 Å². The molecule has 1 aliphatic rings. The summed E-state index contributed by atoms with van der Waals surface area (Å²) in [6.07, 6.45) is -0.572. The van der Waals surface area contributed by atoms with E-state index in [0.717, 1.165) is 11.1 Å². The summed E-state index contributed by atoms with van der Waals surface area (Å²) in [6.45, 7) is 5.75. The lowest BCUT2D eigenvalue weighted by molar-refractivity contribution is -0.148. The molecule has 23 heavy (non-hydrogen) atoms. The van der Waals surface area contributed by atoms with E-state index in [2.05, 4.69) is 6.07 Å². The molecule has 0 amide bonds. The van der Waals surface area contributed by atoms with E-state index in [4.69, 9.17) is 9.47 Å². The maximum absolute atomic E-state index is 10.2. The second-order valence-electron chi connectivity index (χ2n) is 6.41. The van der Waals surface area contributed by atoms with Crippen LogP contribution in [0.1, 0.15) is 31.9 Å². The van der Waals surface area contributed by atoms with Crippen LogP contribution in [0, 0.1) is 11.3 Å². The Morgan fingerprint density at radius 2 is 1.39 bits per heavy atom. The molecule has 0 aliphatic carbocycles. The van der Waals surface area contributed by atoms with Crippen molar-refractivity contribution in [1.82, 2.24) is 0 Å². The van der Waals surface area contributed by atoms with E-state index in [-0.39, 0.29) is 12.2 Å². The van der Waals surface area contributed by atoms with Crippen molar-refractivity contribution in [1.29, 1.82) is 5.26 Å². The molecule has 0 N–H and O–H groups in total. The third-order valence-electron chi connectivity index (χ3n) is 4.37. The number of rotatable bonds is 3. The van der Waals surface area contributed by atoms with Gasteiger partial charge in [-0.25, -0.2) is 0 Å². The van der Waals surface area contributed by atoms with Gasteiger partial charge in [0.25, 0.3) is 0 Å². The van der Waals surface area contributed by atoms with E-state index < -0.39 is 11.2 Å². The maximum atomic E-state index is 10.2. The molecule has 0 unspecified atom stereocenters. The van der Waals surface area contributed by atoms with E-state index in [9.17, 15) is 5.26 Å². The van der Waals surface area contributed by atoms with Crippen molar-refractivity contribution >= 4 is 0 Å². The minimum atomic E-state index is -0.907. The molecule has 0 aromatic heterocycles. The first-order chi connectivity index (χ1) is 11.0. The molecule has 1 heterocycles. The Kier molecular flexibility index (Phi) is 3.97. The first-order valence-corrected chi connectivity index (χ1v) is 7.87. The van der Waals surface area contributed by atoms with Gasteiger partial charge in [0.05, 0.1) is 12.2 Å². The van der Waals surface area contributed by atoms with Gasteiger partial charge in [-0.15, -0.1) is 0 Å². The average Bonchev–Trinajstić information content (AvgIpc) is 2.84. The fourth-order valence-corrected chi connectivity index (χ4v) is 3.47. The normalized spacial score (nSPS) is 23.4. The first-order valence-electron chi connectivity index (χ1n) is 7.87. The number of nitriles is 1. The summed E-state index contributed by atoms with van der Waals surface area (Å²) in [5, 5.41) is 10.2. The summed E-state index contributed by atoms with van der Waals surface area (Å²) in [7, 11) is 0. The Bertz CT molecular complexity index is 664. The molecule has 3 nitrogen and oxygen atoms in total. The zero-order chi connectivity index (χ0) is 16.5. The molecule has 118 valence electrons. The Morgan fingerprint density at radius 1 is 0.913 bits per heavy atom. The van der Waals surface area contributed by atoms with E-state index in [1.54, 1.807) is 0 Å². The maximum Gasteiger partial charge on any atom is 0.163 e. The zero-order valence-corrected chi connectivity index (χ0v) is 13.7. The van der Waals surface area contributed by atoms with Crippen molar-refractivity contribution in [3.63, 3.8) is 0 Å². The van der Waals surface area contributed by atoms with Gasteiger partial charge in [-0.1, -0.05) is 60.7 Å². The monoisotopic (exact) mass is 307 g/mol. The van der Waals surface area contributed by atoms with Crippen LogP contribution in [-0.4, -0.2) is 18.0 Å². The standard InChI is InChI=1S/C20H21NO2/c1-15-18(23-19(2,3)22-15)20(14-21,16-10-6-4-7-11-16)17-12-8-5-9-13-17/h4-13,15,18H,1-3H3/t15-,18-/m0/s1. The van der Waals surface area contributed by atoms with Gasteiger partial charge in [0.15, 0.2) is 5.79 Å². The lowest BCUT2D eigenvalue weighted by Crippen LogP contribution is -2.44. The fourth-order valence-electron chi connectivity index (χ4n) is 3.47. The topological polar surface area (TPSA) is 42.2 Å². The Labute approximate surface area is 137 Å². The van der Waals surface area contributed by atoms with Crippen molar-refractivity contribution in [2.45, 2.75) is 44.2 Å². The molecule has 1 aliphatic heterocycles. The third kappa shape index (κ3) is 2.65. The summed E-state index contributed by atoms with van der Waals surface area (Å²) in [5.41, 5.74) is 0.939. The second-order valence-corrected chi connectivity index (χ2v) is 6.41. The minimum Gasteiger partial charge on any atom is -0.345 e. The van der Waals surface area contributed by atoms with Crippen molar-refractivity contribution in [2.75, 3.05) is 0 Å². The van der Waals surface area contributed by atoms with Gasteiger partial charge >= 0.3 is 0 Å². The van der Waals surface area contributed by atoms with Crippen molar-refractivity contribution in [3.8, 4) is 6.07 Å². The molecule has 2 aromatic carbocycles. The van der Waals surface area contributed by atoms with Crippen LogP contribution < -0.4 is 0 Å². The molecule has 0 bridgehead atoms. The lowest BCUT2D eigenvalue weighted by atomic mass is 9.70. The smallest absolute Gasteiger partial charge is 0.163 e. The number of nitrogens with zero attached hydrogens (tertiary/aromatic N) is 1. The largest absolute Gasteiger partial charge is 0.345 e. The summed E-state index contributed by atoms with van der Waals surface area (Å²) in [4.78, 5) is 0. The fraction of sp³-hybridized carbons (Fsp3) is 0.350. The molecular weight excluding hydrogens is 286 g/mol. The van der Waals surface area contributed by atoms with E-state index >= 15 is 0 Å². The van der Waals surface area contributed by atoms with Gasteiger partial charge in [0, 0.05) is 0 Å². The van der Waals surface area contributed by atoms with Crippen molar-refractivity contribution < 1.29 is 9.47 Å². The van der Waals surface area contributed by atoms with Crippen LogP contribution in [0.2, 0.25) is 0 Å². The zero-order valence-electron chi connectivity index (χ0n) is 13.7. The molecule has 1 saturated heterocycles. The third-order valence-corrected chi connectivity index (χ3v) is 4.37. The number of ether oxygens (including phenoxy) is 2. The van der Waals surface area contributed by atoms with Gasteiger partial charge in [-0.05, 0) is 31.9 Å². The molecule has 1 fully saturated rings. The first kappa shape index (κ1) is 15.7. The molecule has 2 atom stereocenters. The molecule has 3 rings (SSSR count). The predicted molar refractivity (Wildman–Crippen MR) is 88.8 cm³/mol. The van der Waals surface area contributed by atoms with Crippen molar-refractivity contribution in [2.24, 2.45) is 0 Å². The van der Waals surface area contributed by atoms with E-state index in [0.29, 0.717) is 0 Å². The highest BCUT2D eigenvalue weighted by Crippen LogP contribution is 2.44. The number of hydrogen-bond acceptors (Lipinski definition) is 3. The molecular formula is C20H21NO2. The Hall–Kier alpha value is -2.15. The molecule has 3 heteroatoms. The van der Waals surface area contributed by atoms with Crippen LogP contribution in [0.3, 0.4) is 0 Å². The highest BCUT2D eigenvalue weighted by atomic mass is 16.8. The number of hydrogen-bond donors (Lipinski definition) is 0. The Morgan fingerprint density at radius 3 is 1.74 bits per heavy atom. The molecule has 0 spiro atoms. The molecule has 0 radical (unpaired) electrons.